The average Bonchev–Trinajstić information content (AvgIpc) is 2.75. The predicted molar refractivity (Wildman–Crippen MR) is 103 cm³/mol. The number of benzene rings is 2. The topological polar surface area (TPSA) is 27.7 Å². The molecule has 0 saturated carbocycles. The van der Waals surface area contributed by atoms with E-state index in [9.17, 15) is 0 Å². The second-order valence-electron chi connectivity index (χ2n) is 7.14. The Balaban J connectivity index is 1.86. The van der Waals surface area contributed by atoms with Gasteiger partial charge in [0, 0.05) is 10.5 Å². The molecule has 3 rings (SSSR count). The Bertz CT molecular complexity index is 747. The summed E-state index contributed by atoms with van der Waals surface area (Å²) in [5.41, 5.74) is 0.731. The van der Waals surface area contributed by atoms with E-state index in [1.165, 1.54) is 0 Å². The highest BCUT2D eigenvalue weighted by atomic mass is 35.5. The first kappa shape index (κ1) is 18.6. The van der Waals surface area contributed by atoms with Crippen molar-refractivity contribution in [3.8, 4) is 5.75 Å². The molecule has 3 nitrogen and oxygen atoms in total. The van der Waals surface area contributed by atoms with Crippen LogP contribution < -0.4 is 10.2 Å². The van der Waals surface area contributed by atoms with Crippen LogP contribution in [0.25, 0.3) is 0 Å². The van der Waals surface area contributed by atoms with Crippen molar-refractivity contribution in [2.75, 3.05) is 0 Å². The van der Waals surface area contributed by atoms with Crippen molar-refractivity contribution in [2.45, 2.75) is 45.5 Å². The molecule has 0 N–H and O–H groups in total. The zero-order valence-electron chi connectivity index (χ0n) is 14.8. The lowest BCUT2D eigenvalue weighted by atomic mass is 9.79. The molecule has 6 heteroatoms. The fourth-order valence-corrected chi connectivity index (χ4v) is 3.18. The van der Waals surface area contributed by atoms with E-state index < -0.39 is 18.3 Å². The lowest BCUT2D eigenvalue weighted by Gasteiger charge is -2.32. The van der Waals surface area contributed by atoms with Gasteiger partial charge >= 0.3 is 7.12 Å². The fraction of sp³-hybridized carbons (Fsp3) is 0.368. The molecule has 132 valence electrons. The van der Waals surface area contributed by atoms with Crippen LogP contribution >= 0.6 is 23.2 Å². The Labute approximate surface area is 159 Å². The lowest BCUT2D eigenvalue weighted by Crippen LogP contribution is -2.41. The molecule has 1 saturated heterocycles. The van der Waals surface area contributed by atoms with Gasteiger partial charge in [0.05, 0.1) is 16.2 Å². The molecule has 0 atom stereocenters. The molecule has 25 heavy (non-hydrogen) atoms. The molecule has 2 aromatic rings. The monoisotopic (exact) mass is 378 g/mol. The first-order chi connectivity index (χ1) is 11.7. The van der Waals surface area contributed by atoms with Crippen molar-refractivity contribution in [3.63, 3.8) is 0 Å². The standard InChI is InChI=1S/C19H21BCl2O3/c1-18(2)19(3,4)25-20(24-18)16-14(21)10-11-15(17(16)22)23-12-13-8-6-5-7-9-13/h5-11H,12H2,1-4H3. The highest BCUT2D eigenvalue weighted by Crippen LogP contribution is 2.38. The van der Waals surface area contributed by atoms with Gasteiger partial charge in [0.25, 0.3) is 0 Å². The van der Waals surface area contributed by atoms with E-state index in [2.05, 4.69) is 0 Å². The van der Waals surface area contributed by atoms with Crippen LogP contribution in [0.5, 0.6) is 5.75 Å². The average molecular weight is 379 g/mol. The fourth-order valence-electron chi connectivity index (χ4n) is 2.57. The number of hydrogen-bond donors (Lipinski definition) is 0. The summed E-state index contributed by atoms with van der Waals surface area (Å²) in [6, 6.07) is 13.4. The number of hydrogen-bond acceptors (Lipinski definition) is 3. The molecule has 0 aliphatic carbocycles. The van der Waals surface area contributed by atoms with Gasteiger partial charge in [-0.15, -0.1) is 0 Å². The van der Waals surface area contributed by atoms with Crippen LogP contribution in [-0.4, -0.2) is 18.3 Å². The van der Waals surface area contributed by atoms with Gasteiger partial charge in [-0.2, -0.15) is 0 Å². The minimum atomic E-state index is -0.634. The van der Waals surface area contributed by atoms with Gasteiger partial charge in [-0.25, -0.2) is 0 Å². The largest absolute Gasteiger partial charge is 0.498 e. The minimum Gasteiger partial charge on any atom is -0.487 e. The Kier molecular flexibility index (Phi) is 5.09. The molecule has 0 spiro atoms. The Hall–Kier alpha value is -1.20. The second-order valence-corrected chi connectivity index (χ2v) is 7.92. The summed E-state index contributed by atoms with van der Waals surface area (Å²) in [5, 5.41) is 0.914. The Morgan fingerprint density at radius 3 is 2.12 bits per heavy atom. The van der Waals surface area contributed by atoms with Gasteiger partial charge in [0.15, 0.2) is 0 Å². The highest BCUT2D eigenvalue weighted by Gasteiger charge is 2.53. The number of ether oxygens (including phenoxy) is 1. The van der Waals surface area contributed by atoms with Gasteiger partial charge in [-0.1, -0.05) is 53.5 Å². The summed E-state index contributed by atoms with van der Waals surface area (Å²) >= 11 is 13.0. The molecule has 1 aliphatic heterocycles. The molecule has 1 fully saturated rings. The second kappa shape index (κ2) is 6.84. The first-order valence-electron chi connectivity index (χ1n) is 8.21. The van der Waals surface area contributed by atoms with E-state index in [1.54, 1.807) is 12.1 Å². The maximum Gasteiger partial charge on any atom is 0.498 e. The third-order valence-corrected chi connectivity index (χ3v) is 5.54. The molecular formula is C19H21BCl2O3. The summed E-state index contributed by atoms with van der Waals surface area (Å²) < 4.78 is 18.0. The molecule has 0 radical (unpaired) electrons. The van der Waals surface area contributed by atoms with Crippen LogP contribution in [-0.2, 0) is 15.9 Å². The quantitative estimate of drug-likeness (QED) is 0.710. The van der Waals surface area contributed by atoms with Crippen LogP contribution in [0, 0.1) is 0 Å². The van der Waals surface area contributed by atoms with Gasteiger partial charge in [-0.3, -0.25) is 0 Å². The van der Waals surface area contributed by atoms with Gasteiger partial charge in [0.1, 0.15) is 12.4 Å². The summed E-state index contributed by atoms with van der Waals surface area (Å²) in [4.78, 5) is 0. The van der Waals surface area contributed by atoms with Crippen molar-refractivity contribution in [3.05, 3.63) is 58.1 Å². The smallest absolute Gasteiger partial charge is 0.487 e. The predicted octanol–water partition coefficient (Wildman–Crippen LogP) is 4.87. The maximum absolute atomic E-state index is 6.58. The zero-order chi connectivity index (χ0) is 18.2. The van der Waals surface area contributed by atoms with Gasteiger partial charge in [0.2, 0.25) is 0 Å². The molecule has 1 aliphatic rings. The van der Waals surface area contributed by atoms with E-state index in [0.717, 1.165) is 5.56 Å². The van der Waals surface area contributed by atoms with E-state index in [4.69, 9.17) is 37.2 Å². The van der Waals surface area contributed by atoms with Crippen molar-refractivity contribution in [2.24, 2.45) is 0 Å². The number of halogens is 2. The van der Waals surface area contributed by atoms with E-state index >= 15 is 0 Å². The maximum atomic E-state index is 6.58. The summed E-state index contributed by atoms with van der Waals surface area (Å²) in [5.74, 6) is 0.555. The zero-order valence-corrected chi connectivity index (χ0v) is 16.3. The lowest BCUT2D eigenvalue weighted by molar-refractivity contribution is 0.00578. The Morgan fingerprint density at radius 1 is 0.920 bits per heavy atom. The van der Waals surface area contributed by atoms with Gasteiger partial charge < -0.3 is 14.0 Å². The normalized spacial score (nSPS) is 18.4. The number of rotatable bonds is 4. The first-order valence-corrected chi connectivity index (χ1v) is 8.97. The van der Waals surface area contributed by atoms with Crippen molar-refractivity contribution < 1.29 is 14.0 Å². The minimum absolute atomic E-state index is 0.418. The third-order valence-electron chi connectivity index (χ3n) is 4.82. The van der Waals surface area contributed by atoms with Crippen LogP contribution in [0.15, 0.2) is 42.5 Å². The van der Waals surface area contributed by atoms with Crippen molar-refractivity contribution in [1.82, 2.24) is 0 Å². The van der Waals surface area contributed by atoms with Crippen LogP contribution in [0.2, 0.25) is 10.0 Å². The molecule has 0 bridgehead atoms. The Morgan fingerprint density at radius 2 is 1.52 bits per heavy atom. The summed E-state index contributed by atoms with van der Waals surface area (Å²) in [6.07, 6.45) is 0. The van der Waals surface area contributed by atoms with Crippen LogP contribution in [0.1, 0.15) is 33.3 Å². The molecular weight excluding hydrogens is 358 g/mol. The third kappa shape index (κ3) is 3.68. The van der Waals surface area contributed by atoms with Crippen molar-refractivity contribution in [1.29, 1.82) is 0 Å². The molecule has 2 aromatic carbocycles. The summed E-state index contributed by atoms with van der Waals surface area (Å²) in [7, 11) is -0.634. The SMILES string of the molecule is CC1(C)OB(c2c(Cl)ccc(OCc3ccccc3)c2Cl)OC1(C)C. The van der Waals surface area contributed by atoms with Gasteiger partial charge in [-0.05, 0) is 45.4 Å². The molecule has 0 unspecified atom stereocenters. The summed E-state index contributed by atoms with van der Waals surface area (Å²) in [6.45, 7) is 8.38. The molecule has 0 amide bonds. The van der Waals surface area contributed by atoms with E-state index in [0.29, 0.717) is 27.9 Å². The van der Waals surface area contributed by atoms with Crippen LogP contribution in [0.3, 0.4) is 0 Å². The van der Waals surface area contributed by atoms with Crippen molar-refractivity contribution >= 4 is 35.8 Å². The highest BCUT2D eigenvalue weighted by molar-refractivity contribution is 6.69. The van der Waals surface area contributed by atoms with E-state index in [-0.39, 0.29) is 0 Å². The van der Waals surface area contributed by atoms with Crippen LogP contribution in [0.4, 0.5) is 0 Å². The molecule has 1 heterocycles. The van der Waals surface area contributed by atoms with E-state index in [1.807, 2.05) is 58.0 Å². The molecule has 0 aromatic heterocycles.